The van der Waals surface area contributed by atoms with Crippen LogP contribution < -0.4 is 5.32 Å². The van der Waals surface area contributed by atoms with Crippen molar-refractivity contribution in [2.45, 2.75) is 26.2 Å². The Balaban J connectivity index is 1.91. The number of carboxylic acids is 1. The predicted octanol–water partition coefficient (Wildman–Crippen LogP) is 2.63. The third-order valence-electron chi connectivity index (χ3n) is 3.21. The zero-order chi connectivity index (χ0) is 15.9. The van der Waals surface area contributed by atoms with Gasteiger partial charge in [-0.25, -0.2) is 4.98 Å². The van der Waals surface area contributed by atoms with Gasteiger partial charge in [-0.15, -0.1) is 0 Å². The number of hydrogen-bond acceptors (Lipinski definition) is 4. The Kier molecular flexibility index (Phi) is 5.30. The summed E-state index contributed by atoms with van der Waals surface area (Å²) in [6.45, 7) is 2.22. The van der Waals surface area contributed by atoms with Crippen molar-refractivity contribution in [3.63, 3.8) is 0 Å². The summed E-state index contributed by atoms with van der Waals surface area (Å²) in [6.07, 6.45) is 2.87. The number of amides is 1. The fourth-order valence-corrected chi connectivity index (χ4v) is 2.06. The number of carbonyl (C=O) groups is 2. The van der Waals surface area contributed by atoms with Crippen LogP contribution in [0.1, 0.15) is 35.3 Å². The molecule has 0 saturated heterocycles. The van der Waals surface area contributed by atoms with Crippen LogP contribution in [0.4, 0.5) is 0 Å². The molecule has 0 aliphatic heterocycles. The maximum Gasteiger partial charge on any atom is 0.303 e. The van der Waals surface area contributed by atoms with Crippen molar-refractivity contribution in [3.05, 3.63) is 41.8 Å². The normalized spacial score (nSPS) is 10.4. The molecule has 6 heteroatoms. The van der Waals surface area contributed by atoms with Gasteiger partial charge in [0.1, 0.15) is 5.69 Å². The van der Waals surface area contributed by atoms with Crippen molar-refractivity contribution in [1.82, 2.24) is 10.3 Å². The number of rotatable bonds is 7. The Bertz CT molecular complexity index is 650. The highest BCUT2D eigenvalue weighted by atomic mass is 16.4. The molecule has 2 rings (SSSR count). The average molecular weight is 302 g/mol. The molecule has 0 atom stereocenters. The number of unbranched alkanes of at least 4 members (excludes halogenated alkanes) is 1. The van der Waals surface area contributed by atoms with E-state index in [2.05, 4.69) is 10.3 Å². The van der Waals surface area contributed by atoms with Crippen molar-refractivity contribution < 1.29 is 19.1 Å². The Hall–Kier alpha value is -2.63. The van der Waals surface area contributed by atoms with Gasteiger partial charge in [0, 0.05) is 13.0 Å². The second-order valence-electron chi connectivity index (χ2n) is 4.91. The van der Waals surface area contributed by atoms with Crippen molar-refractivity contribution in [3.8, 4) is 11.5 Å². The van der Waals surface area contributed by atoms with Crippen LogP contribution in [0.15, 0.2) is 34.9 Å². The van der Waals surface area contributed by atoms with Gasteiger partial charge >= 0.3 is 5.97 Å². The highest BCUT2D eigenvalue weighted by Gasteiger charge is 2.12. The molecular formula is C16H18N2O4. The van der Waals surface area contributed by atoms with Crippen molar-refractivity contribution >= 4 is 11.9 Å². The molecule has 0 aromatic carbocycles. The second kappa shape index (κ2) is 7.40. The minimum Gasteiger partial charge on any atom is -0.481 e. The van der Waals surface area contributed by atoms with Gasteiger partial charge in [-0.1, -0.05) is 0 Å². The summed E-state index contributed by atoms with van der Waals surface area (Å²) in [7, 11) is 0. The third kappa shape index (κ3) is 4.18. The average Bonchev–Trinajstić information content (AvgIpc) is 3.00. The highest BCUT2D eigenvalue weighted by molar-refractivity contribution is 5.95. The fourth-order valence-electron chi connectivity index (χ4n) is 2.06. The number of carboxylic acid groups (broad SMARTS) is 1. The molecule has 2 aromatic heterocycles. The van der Waals surface area contributed by atoms with E-state index in [1.54, 1.807) is 31.4 Å². The third-order valence-corrected chi connectivity index (χ3v) is 3.21. The molecule has 0 aliphatic rings. The SMILES string of the molecule is Cc1nc(-c2ccco2)ccc1C(=O)NCCCCC(=O)O. The number of aromatic nitrogens is 1. The van der Waals surface area contributed by atoms with Crippen molar-refractivity contribution in [2.24, 2.45) is 0 Å². The Labute approximate surface area is 128 Å². The maximum absolute atomic E-state index is 12.1. The topological polar surface area (TPSA) is 92.4 Å². The van der Waals surface area contributed by atoms with Gasteiger partial charge in [0.25, 0.3) is 5.91 Å². The molecule has 0 fully saturated rings. The summed E-state index contributed by atoms with van der Waals surface area (Å²) in [5, 5.41) is 11.3. The summed E-state index contributed by atoms with van der Waals surface area (Å²) in [6, 6.07) is 7.05. The Morgan fingerprint density at radius 1 is 1.27 bits per heavy atom. The number of aryl methyl sites for hydroxylation is 1. The van der Waals surface area contributed by atoms with E-state index in [0.29, 0.717) is 42.1 Å². The number of hydrogen-bond donors (Lipinski definition) is 2. The molecule has 6 nitrogen and oxygen atoms in total. The second-order valence-corrected chi connectivity index (χ2v) is 4.91. The van der Waals surface area contributed by atoms with Crippen LogP contribution >= 0.6 is 0 Å². The lowest BCUT2D eigenvalue weighted by Crippen LogP contribution is -2.25. The van der Waals surface area contributed by atoms with Gasteiger partial charge in [-0.2, -0.15) is 0 Å². The first-order valence-electron chi connectivity index (χ1n) is 7.09. The van der Waals surface area contributed by atoms with Crippen LogP contribution in [0.3, 0.4) is 0 Å². The smallest absolute Gasteiger partial charge is 0.303 e. The maximum atomic E-state index is 12.1. The molecule has 0 spiro atoms. The van der Waals surface area contributed by atoms with Crippen LogP contribution in [0.25, 0.3) is 11.5 Å². The van der Waals surface area contributed by atoms with E-state index in [9.17, 15) is 9.59 Å². The summed E-state index contributed by atoms with van der Waals surface area (Å²) in [4.78, 5) is 26.8. The molecule has 1 amide bonds. The first kappa shape index (κ1) is 15.8. The molecule has 0 radical (unpaired) electrons. The molecule has 22 heavy (non-hydrogen) atoms. The molecule has 0 unspecified atom stereocenters. The minimum atomic E-state index is -0.820. The van der Waals surface area contributed by atoms with Crippen LogP contribution in [0, 0.1) is 6.92 Å². The van der Waals surface area contributed by atoms with E-state index < -0.39 is 5.97 Å². The van der Waals surface area contributed by atoms with E-state index in [4.69, 9.17) is 9.52 Å². The summed E-state index contributed by atoms with van der Waals surface area (Å²) < 4.78 is 5.27. The summed E-state index contributed by atoms with van der Waals surface area (Å²) in [5.41, 5.74) is 1.81. The first-order valence-corrected chi connectivity index (χ1v) is 7.09. The van der Waals surface area contributed by atoms with Crippen LogP contribution in [0.2, 0.25) is 0 Å². The lowest BCUT2D eigenvalue weighted by atomic mass is 10.1. The number of nitrogens with one attached hydrogen (secondary N) is 1. The zero-order valence-electron chi connectivity index (χ0n) is 12.3. The van der Waals surface area contributed by atoms with Gasteiger partial charge in [-0.3, -0.25) is 9.59 Å². The molecule has 116 valence electrons. The van der Waals surface area contributed by atoms with Crippen LogP contribution in [0.5, 0.6) is 0 Å². The van der Waals surface area contributed by atoms with E-state index >= 15 is 0 Å². The number of nitrogens with zero attached hydrogens (tertiary/aromatic N) is 1. The van der Waals surface area contributed by atoms with Gasteiger partial charge in [0.2, 0.25) is 0 Å². The lowest BCUT2D eigenvalue weighted by Gasteiger charge is -2.08. The van der Waals surface area contributed by atoms with Gasteiger partial charge in [0.05, 0.1) is 17.5 Å². The van der Waals surface area contributed by atoms with Gasteiger partial charge in [-0.05, 0) is 44.0 Å². The molecule has 0 aliphatic carbocycles. The molecule has 0 bridgehead atoms. The van der Waals surface area contributed by atoms with Gasteiger partial charge < -0.3 is 14.8 Å². The van der Waals surface area contributed by atoms with E-state index in [0.717, 1.165) is 0 Å². The fraction of sp³-hybridized carbons (Fsp3) is 0.312. The first-order chi connectivity index (χ1) is 10.6. The lowest BCUT2D eigenvalue weighted by molar-refractivity contribution is -0.137. The van der Waals surface area contributed by atoms with Gasteiger partial charge in [0.15, 0.2) is 5.76 Å². The van der Waals surface area contributed by atoms with E-state index in [1.165, 1.54) is 0 Å². The molecule has 2 aromatic rings. The molecular weight excluding hydrogens is 284 g/mol. The quantitative estimate of drug-likeness (QED) is 0.767. The van der Waals surface area contributed by atoms with E-state index in [-0.39, 0.29) is 12.3 Å². The molecule has 2 N–H and O–H groups in total. The standard InChI is InChI=1S/C16H18N2O4/c1-11-12(16(21)17-9-3-2-6-15(19)20)7-8-13(18-11)14-5-4-10-22-14/h4-5,7-8,10H,2-3,6,9H2,1H3,(H,17,21)(H,19,20). The number of carbonyl (C=O) groups excluding carboxylic acids is 1. The van der Waals surface area contributed by atoms with Crippen molar-refractivity contribution in [1.29, 1.82) is 0 Å². The van der Waals surface area contributed by atoms with Crippen LogP contribution in [-0.4, -0.2) is 28.5 Å². The Morgan fingerprint density at radius 2 is 2.09 bits per heavy atom. The van der Waals surface area contributed by atoms with E-state index in [1.807, 2.05) is 6.07 Å². The summed E-state index contributed by atoms with van der Waals surface area (Å²) in [5.74, 6) is -0.366. The zero-order valence-corrected chi connectivity index (χ0v) is 12.3. The predicted molar refractivity (Wildman–Crippen MR) is 80.5 cm³/mol. The number of aliphatic carboxylic acids is 1. The minimum absolute atomic E-state index is 0.119. The van der Waals surface area contributed by atoms with Crippen molar-refractivity contribution in [2.75, 3.05) is 6.54 Å². The largest absolute Gasteiger partial charge is 0.481 e. The summed E-state index contributed by atoms with van der Waals surface area (Å²) >= 11 is 0. The monoisotopic (exact) mass is 302 g/mol. The molecule has 0 saturated carbocycles. The number of pyridine rings is 1. The number of furan rings is 1. The Morgan fingerprint density at radius 3 is 2.73 bits per heavy atom. The van der Waals surface area contributed by atoms with Crippen LogP contribution in [-0.2, 0) is 4.79 Å². The highest BCUT2D eigenvalue weighted by Crippen LogP contribution is 2.19. The molecule has 2 heterocycles.